The van der Waals surface area contributed by atoms with Gasteiger partial charge in [0, 0.05) is 18.7 Å². The van der Waals surface area contributed by atoms with E-state index in [4.69, 9.17) is 4.74 Å². The summed E-state index contributed by atoms with van der Waals surface area (Å²) in [7, 11) is 1.88. The second kappa shape index (κ2) is 14.6. The van der Waals surface area contributed by atoms with Gasteiger partial charge in [0.1, 0.15) is 12.8 Å². The van der Waals surface area contributed by atoms with Gasteiger partial charge in [0.15, 0.2) is 6.20 Å². The van der Waals surface area contributed by atoms with E-state index in [1.807, 2.05) is 42.1 Å². The van der Waals surface area contributed by atoms with Crippen LogP contribution in [0.25, 0.3) is 0 Å². The molecule has 0 unspecified atom stereocenters. The van der Waals surface area contributed by atoms with E-state index in [2.05, 4.69) is 31.3 Å². The third-order valence-electron chi connectivity index (χ3n) is 5.81. The van der Waals surface area contributed by atoms with Crippen LogP contribution in [0.5, 0.6) is 5.75 Å². The first kappa shape index (κ1) is 24.9. The Bertz CT molecular complexity index is 789. The smallest absolute Gasteiger partial charge is 0.316 e. The molecule has 4 heteroatoms. The predicted octanol–water partition coefficient (Wildman–Crippen LogP) is 6.05. The molecule has 0 saturated heterocycles. The van der Waals surface area contributed by atoms with Crippen molar-refractivity contribution in [3.63, 3.8) is 0 Å². The van der Waals surface area contributed by atoms with Crippen LogP contribution in [-0.2, 0) is 13.6 Å². The Morgan fingerprint density at radius 2 is 1.61 bits per heavy atom. The van der Waals surface area contributed by atoms with E-state index in [1.165, 1.54) is 57.8 Å². The number of hydrogen-bond acceptors (Lipinski definition) is 2. The molecule has 0 aliphatic rings. The molecule has 1 heterocycles. The first-order valence-electron chi connectivity index (χ1n) is 12.1. The van der Waals surface area contributed by atoms with Crippen LogP contribution in [0.2, 0.25) is 0 Å². The number of nitrogens with zero attached hydrogens (tertiary/aromatic N) is 1. The molecule has 0 bridgehead atoms. The van der Waals surface area contributed by atoms with Gasteiger partial charge in [-0.05, 0) is 42.7 Å². The maximum Gasteiger partial charge on any atom is 0.316 e. The van der Waals surface area contributed by atoms with Crippen LogP contribution in [0.4, 0.5) is 0 Å². The fourth-order valence-electron chi connectivity index (χ4n) is 3.76. The Labute approximate surface area is 189 Å². The van der Waals surface area contributed by atoms with Crippen molar-refractivity contribution in [2.45, 2.75) is 84.6 Å². The molecule has 2 aromatic rings. The Morgan fingerprint density at radius 3 is 2.26 bits per heavy atom. The summed E-state index contributed by atoms with van der Waals surface area (Å²) in [6.07, 6.45) is 15.2. The molecule has 4 nitrogen and oxygen atoms in total. The van der Waals surface area contributed by atoms with Gasteiger partial charge in [0.2, 0.25) is 0 Å². The van der Waals surface area contributed by atoms with Crippen molar-refractivity contribution in [3.05, 3.63) is 59.4 Å². The number of aryl methyl sites for hydroxylation is 2. The standard InChI is InChI=1S/C27H40N2O2/c1-4-5-6-7-8-9-10-11-12-15-20-31-25-18-17-24(23(2)21-25)22-28-27(30)26-16-13-14-19-29(26)3/h13-14,16-19,21H,4-12,15,20,22H2,1-3H3/p+1. The summed E-state index contributed by atoms with van der Waals surface area (Å²) in [5, 5.41) is 3.01. The van der Waals surface area contributed by atoms with E-state index in [0.717, 1.165) is 29.9 Å². The van der Waals surface area contributed by atoms with Gasteiger partial charge in [-0.15, -0.1) is 0 Å². The molecule has 0 aliphatic heterocycles. The van der Waals surface area contributed by atoms with Crippen LogP contribution >= 0.6 is 0 Å². The second-order valence-corrected chi connectivity index (χ2v) is 8.50. The SMILES string of the molecule is CCCCCCCCCCCCOc1ccc(CNC(=O)c2cccc[n+]2C)c(C)c1. The van der Waals surface area contributed by atoms with Gasteiger partial charge in [0.25, 0.3) is 5.69 Å². The number of ether oxygens (including phenoxy) is 1. The number of hydrogen-bond donors (Lipinski definition) is 1. The van der Waals surface area contributed by atoms with Gasteiger partial charge < -0.3 is 10.1 Å². The number of rotatable bonds is 15. The summed E-state index contributed by atoms with van der Waals surface area (Å²) in [4.78, 5) is 12.4. The average Bonchev–Trinajstić information content (AvgIpc) is 2.77. The van der Waals surface area contributed by atoms with E-state index in [1.54, 1.807) is 0 Å². The van der Waals surface area contributed by atoms with Crippen molar-refractivity contribution in [1.82, 2.24) is 5.32 Å². The molecule has 31 heavy (non-hydrogen) atoms. The molecule has 2 rings (SSSR count). The topological polar surface area (TPSA) is 42.2 Å². The largest absolute Gasteiger partial charge is 0.494 e. The number of carbonyl (C=O) groups is 1. The molecule has 1 N–H and O–H groups in total. The van der Waals surface area contributed by atoms with E-state index >= 15 is 0 Å². The Balaban J connectivity index is 1.61. The highest BCUT2D eigenvalue weighted by Gasteiger charge is 2.15. The van der Waals surface area contributed by atoms with Gasteiger partial charge in [-0.2, -0.15) is 4.57 Å². The van der Waals surface area contributed by atoms with Gasteiger partial charge in [0.05, 0.1) is 6.61 Å². The number of aromatic nitrogens is 1. The molecule has 1 amide bonds. The van der Waals surface area contributed by atoms with Crippen LogP contribution in [0.15, 0.2) is 42.6 Å². The van der Waals surface area contributed by atoms with Crippen molar-refractivity contribution in [3.8, 4) is 5.75 Å². The lowest BCUT2D eigenvalue weighted by atomic mass is 10.1. The predicted molar refractivity (Wildman–Crippen MR) is 127 cm³/mol. The number of benzene rings is 1. The fourth-order valence-corrected chi connectivity index (χ4v) is 3.76. The molecule has 1 aromatic heterocycles. The van der Waals surface area contributed by atoms with Gasteiger partial charge >= 0.3 is 5.91 Å². The summed E-state index contributed by atoms with van der Waals surface area (Å²) in [6.45, 7) is 5.62. The van der Waals surface area contributed by atoms with E-state index < -0.39 is 0 Å². The van der Waals surface area contributed by atoms with Crippen molar-refractivity contribution >= 4 is 5.91 Å². The first-order chi connectivity index (χ1) is 15.1. The Hall–Kier alpha value is -2.36. The summed E-state index contributed by atoms with van der Waals surface area (Å²) in [6, 6.07) is 11.7. The van der Waals surface area contributed by atoms with Crippen molar-refractivity contribution in [2.24, 2.45) is 7.05 Å². The maximum atomic E-state index is 12.4. The highest BCUT2D eigenvalue weighted by atomic mass is 16.5. The molecular formula is C27H41N2O2+. The quantitative estimate of drug-likeness (QED) is 0.279. The van der Waals surface area contributed by atoms with Crippen molar-refractivity contribution in [2.75, 3.05) is 6.61 Å². The number of amides is 1. The number of carbonyl (C=O) groups excluding carboxylic acids is 1. The summed E-state index contributed by atoms with van der Waals surface area (Å²) in [5.41, 5.74) is 2.90. The van der Waals surface area contributed by atoms with Crippen LogP contribution in [0.3, 0.4) is 0 Å². The molecule has 0 spiro atoms. The molecule has 0 saturated carbocycles. The first-order valence-corrected chi connectivity index (χ1v) is 12.1. The number of unbranched alkanes of at least 4 members (excludes halogenated alkanes) is 9. The summed E-state index contributed by atoms with van der Waals surface area (Å²) in [5.74, 6) is 0.849. The molecular weight excluding hydrogens is 384 g/mol. The normalized spacial score (nSPS) is 10.8. The lowest BCUT2D eigenvalue weighted by Gasteiger charge is -2.11. The van der Waals surface area contributed by atoms with E-state index in [9.17, 15) is 4.79 Å². The molecule has 1 aromatic carbocycles. The maximum absolute atomic E-state index is 12.4. The molecule has 0 fully saturated rings. The van der Waals surface area contributed by atoms with E-state index in [0.29, 0.717) is 12.2 Å². The van der Waals surface area contributed by atoms with Crippen LogP contribution in [0, 0.1) is 6.92 Å². The zero-order valence-corrected chi connectivity index (χ0v) is 19.8. The Kier molecular flexibility index (Phi) is 11.7. The zero-order chi connectivity index (χ0) is 22.3. The third-order valence-corrected chi connectivity index (χ3v) is 5.81. The average molecular weight is 426 g/mol. The lowest BCUT2D eigenvalue weighted by molar-refractivity contribution is -0.673. The minimum Gasteiger partial charge on any atom is -0.494 e. The fraction of sp³-hybridized carbons (Fsp3) is 0.556. The summed E-state index contributed by atoms with van der Waals surface area (Å²) < 4.78 is 7.76. The molecule has 0 radical (unpaired) electrons. The highest BCUT2D eigenvalue weighted by molar-refractivity contribution is 5.90. The number of nitrogens with one attached hydrogen (secondary N) is 1. The molecule has 0 atom stereocenters. The van der Waals surface area contributed by atoms with Gasteiger partial charge in [-0.1, -0.05) is 70.8 Å². The van der Waals surface area contributed by atoms with Gasteiger partial charge in [-0.3, -0.25) is 4.79 Å². The zero-order valence-electron chi connectivity index (χ0n) is 19.8. The molecule has 170 valence electrons. The summed E-state index contributed by atoms with van der Waals surface area (Å²) >= 11 is 0. The minimum absolute atomic E-state index is 0.0659. The van der Waals surface area contributed by atoms with Crippen LogP contribution < -0.4 is 14.6 Å². The molecule has 0 aliphatic carbocycles. The second-order valence-electron chi connectivity index (χ2n) is 8.50. The van der Waals surface area contributed by atoms with Crippen molar-refractivity contribution in [1.29, 1.82) is 0 Å². The van der Waals surface area contributed by atoms with E-state index in [-0.39, 0.29) is 5.91 Å². The highest BCUT2D eigenvalue weighted by Crippen LogP contribution is 2.18. The van der Waals surface area contributed by atoms with Crippen molar-refractivity contribution < 1.29 is 14.1 Å². The Morgan fingerprint density at radius 1 is 0.935 bits per heavy atom. The van der Waals surface area contributed by atoms with Crippen LogP contribution in [-0.4, -0.2) is 12.5 Å². The van der Waals surface area contributed by atoms with Crippen LogP contribution in [0.1, 0.15) is 92.7 Å². The number of pyridine rings is 1. The third kappa shape index (κ3) is 9.54. The lowest BCUT2D eigenvalue weighted by Crippen LogP contribution is -2.40. The monoisotopic (exact) mass is 425 g/mol. The minimum atomic E-state index is -0.0659. The van der Waals surface area contributed by atoms with Gasteiger partial charge in [-0.25, -0.2) is 0 Å².